The van der Waals surface area contributed by atoms with Crippen LogP contribution in [0.2, 0.25) is 0 Å². The molecule has 0 spiro atoms. The van der Waals surface area contributed by atoms with Crippen LogP contribution in [0.5, 0.6) is 11.5 Å². The van der Waals surface area contributed by atoms with Crippen molar-refractivity contribution in [2.45, 2.75) is 45.1 Å². The molecule has 2 fully saturated rings. The van der Waals surface area contributed by atoms with Gasteiger partial charge in [0.2, 0.25) is 0 Å². The normalized spacial score (nSPS) is 19.8. The number of anilines is 1. The number of benzene rings is 6. The van der Waals surface area contributed by atoms with Crippen molar-refractivity contribution in [1.82, 2.24) is 15.1 Å². The summed E-state index contributed by atoms with van der Waals surface area (Å²) in [5.41, 5.74) is 7.99. The molecule has 8 rings (SSSR count). The molecule has 0 unspecified atom stereocenters. The molecule has 0 aliphatic carbocycles. The zero-order chi connectivity index (χ0) is 40.4. The summed E-state index contributed by atoms with van der Waals surface area (Å²) in [6.07, 6.45) is -0.772. The fraction of sp³-hybridized carbons (Fsp3) is 0.260. The Labute approximate surface area is 347 Å². The van der Waals surface area contributed by atoms with Crippen molar-refractivity contribution < 1.29 is 24.1 Å². The average Bonchev–Trinajstić information content (AvgIpc) is 3.28. The minimum atomic E-state index is -0.549. The van der Waals surface area contributed by atoms with Gasteiger partial charge in [-0.25, -0.2) is 4.79 Å². The van der Waals surface area contributed by atoms with Crippen LogP contribution in [0.1, 0.15) is 47.1 Å². The van der Waals surface area contributed by atoms with Gasteiger partial charge in [0, 0.05) is 63.0 Å². The van der Waals surface area contributed by atoms with Gasteiger partial charge in [0.05, 0.1) is 18.8 Å². The van der Waals surface area contributed by atoms with E-state index in [1.165, 1.54) is 5.56 Å². The topological polar surface area (TPSA) is 95.5 Å². The minimum Gasteiger partial charge on any atom is -0.457 e. The van der Waals surface area contributed by atoms with Gasteiger partial charge in [0.25, 0.3) is 0 Å². The summed E-state index contributed by atoms with van der Waals surface area (Å²) in [6.45, 7) is 8.40. The molecular formula is C50H52N4O5. The summed E-state index contributed by atoms with van der Waals surface area (Å²) in [5, 5.41) is 15.6. The second-order valence-electron chi connectivity index (χ2n) is 15.4. The van der Waals surface area contributed by atoms with E-state index in [-0.39, 0.29) is 30.8 Å². The highest BCUT2D eigenvalue weighted by atomic mass is 16.7. The first-order valence-corrected chi connectivity index (χ1v) is 20.5. The van der Waals surface area contributed by atoms with Crippen molar-refractivity contribution in [1.29, 1.82) is 0 Å². The van der Waals surface area contributed by atoms with Gasteiger partial charge < -0.3 is 30.0 Å². The van der Waals surface area contributed by atoms with Crippen LogP contribution in [0, 0.1) is 5.92 Å². The standard InChI is InChI=1S/C50H52N4O5/c1-36-47(34-54-30-28-53(29-31-54)33-37-10-4-2-5-11-37)58-49(59-48(36)40-18-16-38(35-55)17-19-40)41-22-20-39(21-23-41)46-15-9-8-12-42(46)32-51-50(56)52-43-24-26-45(27-25-43)57-44-13-6-3-7-14-44/h2-27,36,47-49,55H,28-35H2,1H3,(H2,51,52,56)/t36-,47+,48+,49+/m0/s1. The van der Waals surface area contributed by atoms with E-state index in [0.29, 0.717) is 18.0 Å². The number of urea groups is 1. The van der Waals surface area contributed by atoms with Gasteiger partial charge in [-0.2, -0.15) is 0 Å². The van der Waals surface area contributed by atoms with E-state index in [9.17, 15) is 9.90 Å². The van der Waals surface area contributed by atoms with E-state index in [1.807, 2.05) is 84.9 Å². The number of rotatable bonds is 13. The highest BCUT2D eigenvalue weighted by Gasteiger charge is 2.39. The van der Waals surface area contributed by atoms with E-state index < -0.39 is 6.29 Å². The van der Waals surface area contributed by atoms with Crippen molar-refractivity contribution in [3.05, 3.63) is 186 Å². The van der Waals surface area contributed by atoms with Crippen LogP contribution < -0.4 is 15.4 Å². The monoisotopic (exact) mass is 788 g/mol. The fourth-order valence-electron chi connectivity index (χ4n) is 7.91. The number of ether oxygens (including phenoxy) is 3. The number of para-hydroxylation sites is 1. The number of carbonyl (C=O) groups is 1. The van der Waals surface area contributed by atoms with Crippen LogP contribution in [0.25, 0.3) is 11.1 Å². The minimum absolute atomic E-state index is 0.00515. The van der Waals surface area contributed by atoms with Crippen molar-refractivity contribution in [2.75, 3.05) is 38.0 Å². The van der Waals surface area contributed by atoms with Crippen LogP contribution in [0.3, 0.4) is 0 Å². The Hall–Kier alpha value is -5.81. The molecule has 6 aromatic rings. The molecule has 2 aliphatic heterocycles. The third kappa shape index (κ3) is 10.4. The molecule has 2 aliphatic rings. The summed E-state index contributed by atoms with van der Waals surface area (Å²) in [5.74, 6) is 1.55. The smallest absolute Gasteiger partial charge is 0.319 e. The van der Waals surface area contributed by atoms with Gasteiger partial charge in [-0.3, -0.25) is 9.80 Å². The molecule has 0 aromatic heterocycles. The third-order valence-electron chi connectivity index (χ3n) is 11.3. The number of piperazine rings is 1. The van der Waals surface area contributed by atoms with E-state index in [1.54, 1.807) is 0 Å². The van der Waals surface area contributed by atoms with E-state index in [0.717, 1.165) is 78.4 Å². The van der Waals surface area contributed by atoms with Crippen LogP contribution >= 0.6 is 0 Å². The first kappa shape index (κ1) is 40.0. The second kappa shape index (κ2) is 19.3. The Morgan fingerprint density at radius 2 is 1.31 bits per heavy atom. The Bertz CT molecular complexity index is 2230. The van der Waals surface area contributed by atoms with Crippen LogP contribution in [0.15, 0.2) is 158 Å². The maximum absolute atomic E-state index is 13.0. The van der Waals surface area contributed by atoms with Gasteiger partial charge in [-0.15, -0.1) is 0 Å². The third-order valence-corrected chi connectivity index (χ3v) is 11.3. The fourth-order valence-corrected chi connectivity index (χ4v) is 7.91. The maximum atomic E-state index is 13.0. The largest absolute Gasteiger partial charge is 0.457 e. The second-order valence-corrected chi connectivity index (χ2v) is 15.4. The molecular weight excluding hydrogens is 737 g/mol. The maximum Gasteiger partial charge on any atom is 0.319 e. The zero-order valence-corrected chi connectivity index (χ0v) is 33.5. The Morgan fingerprint density at radius 3 is 2.02 bits per heavy atom. The lowest BCUT2D eigenvalue weighted by Gasteiger charge is -2.44. The van der Waals surface area contributed by atoms with Gasteiger partial charge in [0.15, 0.2) is 6.29 Å². The molecule has 6 aromatic carbocycles. The lowest BCUT2D eigenvalue weighted by molar-refractivity contribution is -0.276. The molecule has 3 N–H and O–H groups in total. The lowest BCUT2D eigenvalue weighted by atomic mass is 9.89. The van der Waals surface area contributed by atoms with Gasteiger partial charge in [-0.05, 0) is 69.8 Å². The molecule has 9 nitrogen and oxygen atoms in total. The Balaban J connectivity index is 0.914. The number of nitrogens with zero attached hydrogens (tertiary/aromatic N) is 2. The number of hydrogen-bond acceptors (Lipinski definition) is 7. The molecule has 4 atom stereocenters. The van der Waals surface area contributed by atoms with E-state index in [4.69, 9.17) is 14.2 Å². The van der Waals surface area contributed by atoms with Crippen molar-refractivity contribution in [3.8, 4) is 22.6 Å². The Morgan fingerprint density at radius 1 is 0.678 bits per heavy atom. The van der Waals surface area contributed by atoms with E-state index in [2.05, 4.69) is 100 Å². The summed E-state index contributed by atoms with van der Waals surface area (Å²) in [7, 11) is 0. The van der Waals surface area contributed by atoms with Crippen molar-refractivity contribution >= 4 is 11.7 Å². The van der Waals surface area contributed by atoms with Crippen LogP contribution in [-0.2, 0) is 29.2 Å². The summed E-state index contributed by atoms with van der Waals surface area (Å²) in [4.78, 5) is 18.0. The highest BCUT2D eigenvalue weighted by Crippen LogP contribution is 2.42. The molecule has 0 bridgehead atoms. The summed E-state index contributed by atoms with van der Waals surface area (Å²) in [6, 6.07) is 51.9. The van der Waals surface area contributed by atoms with Crippen molar-refractivity contribution in [3.63, 3.8) is 0 Å². The lowest BCUT2D eigenvalue weighted by Crippen LogP contribution is -2.51. The number of aliphatic hydroxyl groups excluding tert-OH is 1. The average molecular weight is 789 g/mol. The number of hydrogen-bond donors (Lipinski definition) is 3. The molecule has 2 heterocycles. The van der Waals surface area contributed by atoms with E-state index >= 15 is 0 Å². The molecule has 302 valence electrons. The SMILES string of the molecule is C[C@H]1[C@@H](CN2CCN(Cc3ccccc3)CC2)O[C@@H](c2ccc(-c3ccccc3CNC(=O)Nc3ccc(Oc4ccccc4)cc3)cc2)O[C@H]1c1ccc(CO)cc1. The van der Waals surface area contributed by atoms with Crippen molar-refractivity contribution in [2.24, 2.45) is 5.92 Å². The predicted molar refractivity (Wildman–Crippen MR) is 232 cm³/mol. The molecule has 9 heteroatoms. The zero-order valence-electron chi connectivity index (χ0n) is 33.5. The van der Waals surface area contributed by atoms with Gasteiger partial charge in [0.1, 0.15) is 11.5 Å². The van der Waals surface area contributed by atoms with Gasteiger partial charge >= 0.3 is 6.03 Å². The summed E-state index contributed by atoms with van der Waals surface area (Å²) < 4.78 is 19.5. The number of carbonyl (C=O) groups excluding carboxylic acids is 1. The van der Waals surface area contributed by atoms with Crippen LogP contribution in [-0.4, -0.2) is 59.8 Å². The first-order valence-electron chi connectivity index (χ1n) is 20.5. The number of amides is 2. The predicted octanol–water partition coefficient (Wildman–Crippen LogP) is 9.57. The van der Waals surface area contributed by atoms with Crippen LogP contribution in [0.4, 0.5) is 10.5 Å². The molecule has 59 heavy (non-hydrogen) atoms. The first-order chi connectivity index (χ1) is 29.0. The van der Waals surface area contributed by atoms with Gasteiger partial charge in [-0.1, -0.05) is 128 Å². The quantitative estimate of drug-likeness (QED) is 0.107. The Kier molecular flexibility index (Phi) is 13.1. The molecule has 2 saturated heterocycles. The molecule has 2 amide bonds. The number of aliphatic hydroxyl groups is 1. The highest BCUT2D eigenvalue weighted by molar-refractivity contribution is 5.89. The molecule has 0 radical (unpaired) electrons. The number of nitrogens with one attached hydrogen (secondary N) is 2. The summed E-state index contributed by atoms with van der Waals surface area (Å²) >= 11 is 0. The molecule has 0 saturated carbocycles.